The van der Waals surface area contributed by atoms with E-state index in [9.17, 15) is 14.7 Å². The Morgan fingerprint density at radius 2 is 2.25 bits per heavy atom. The summed E-state index contributed by atoms with van der Waals surface area (Å²) in [5.74, 6) is -0.576. The minimum atomic E-state index is -0.890. The molecule has 2 saturated heterocycles. The summed E-state index contributed by atoms with van der Waals surface area (Å²) < 4.78 is 5.52. The van der Waals surface area contributed by atoms with Crippen LogP contribution in [0.3, 0.4) is 0 Å². The molecule has 2 aliphatic heterocycles. The molecule has 0 aromatic carbocycles. The van der Waals surface area contributed by atoms with Crippen molar-refractivity contribution >= 4 is 11.9 Å². The lowest BCUT2D eigenvalue weighted by Gasteiger charge is -2.38. The van der Waals surface area contributed by atoms with E-state index in [1.165, 1.54) is 4.90 Å². The lowest BCUT2D eigenvalue weighted by atomic mass is 9.88. The zero-order valence-electron chi connectivity index (χ0n) is 12.0. The molecule has 0 radical (unpaired) electrons. The van der Waals surface area contributed by atoms with Gasteiger partial charge in [-0.05, 0) is 18.8 Å². The largest absolute Gasteiger partial charge is 0.480 e. The third-order valence-electron chi connectivity index (χ3n) is 4.30. The van der Waals surface area contributed by atoms with Crippen LogP contribution in [0.5, 0.6) is 0 Å². The molecule has 114 valence electrons. The van der Waals surface area contributed by atoms with Crippen LogP contribution in [-0.2, 0) is 14.3 Å². The molecule has 0 aliphatic carbocycles. The van der Waals surface area contributed by atoms with Crippen molar-refractivity contribution in [3.8, 4) is 0 Å². The van der Waals surface area contributed by atoms with Crippen molar-refractivity contribution in [1.29, 1.82) is 0 Å². The first kappa shape index (κ1) is 15.3. The molecule has 3 unspecified atom stereocenters. The molecule has 0 spiro atoms. The number of nitrogens with zero attached hydrogens (tertiary/aromatic N) is 1. The second-order valence-electron chi connectivity index (χ2n) is 5.64. The standard InChI is InChI=1S/C14H24N2O4/c1-2-10-3-5-16(12(7-10)14(18)19)13(17)8-11-9-15-4-6-20-11/h10-12,15H,2-9H2,1H3,(H,18,19). The van der Waals surface area contributed by atoms with Gasteiger partial charge in [-0.1, -0.05) is 13.3 Å². The van der Waals surface area contributed by atoms with Crippen molar-refractivity contribution in [2.24, 2.45) is 5.92 Å². The number of hydrogen-bond donors (Lipinski definition) is 2. The number of hydrogen-bond acceptors (Lipinski definition) is 4. The lowest BCUT2D eigenvalue weighted by Crippen LogP contribution is -2.51. The molecule has 0 aromatic heterocycles. The van der Waals surface area contributed by atoms with Crippen molar-refractivity contribution in [3.63, 3.8) is 0 Å². The molecule has 2 aliphatic rings. The van der Waals surface area contributed by atoms with E-state index in [0.717, 1.165) is 19.4 Å². The van der Waals surface area contributed by atoms with Crippen molar-refractivity contribution in [1.82, 2.24) is 10.2 Å². The van der Waals surface area contributed by atoms with Gasteiger partial charge >= 0.3 is 5.97 Å². The molecule has 0 bridgehead atoms. The molecule has 6 heteroatoms. The zero-order valence-corrected chi connectivity index (χ0v) is 12.0. The quantitative estimate of drug-likeness (QED) is 0.784. The molecular formula is C14H24N2O4. The molecule has 20 heavy (non-hydrogen) atoms. The van der Waals surface area contributed by atoms with Gasteiger partial charge < -0.3 is 20.1 Å². The van der Waals surface area contributed by atoms with Gasteiger partial charge in [0, 0.05) is 19.6 Å². The van der Waals surface area contributed by atoms with Crippen LogP contribution < -0.4 is 5.32 Å². The minimum absolute atomic E-state index is 0.0966. The molecule has 2 N–H and O–H groups in total. The summed E-state index contributed by atoms with van der Waals surface area (Å²) in [7, 11) is 0. The second kappa shape index (κ2) is 7.04. The highest BCUT2D eigenvalue weighted by Gasteiger charge is 2.36. The Bertz CT molecular complexity index is 355. The van der Waals surface area contributed by atoms with E-state index >= 15 is 0 Å². The van der Waals surface area contributed by atoms with Gasteiger partial charge in [-0.15, -0.1) is 0 Å². The average molecular weight is 284 g/mol. The van der Waals surface area contributed by atoms with E-state index in [1.54, 1.807) is 0 Å². The lowest BCUT2D eigenvalue weighted by molar-refractivity contribution is -0.154. The monoisotopic (exact) mass is 284 g/mol. The van der Waals surface area contributed by atoms with Gasteiger partial charge in [-0.3, -0.25) is 4.79 Å². The van der Waals surface area contributed by atoms with E-state index in [4.69, 9.17) is 4.74 Å². The van der Waals surface area contributed by atoms with Gasteiger partial charge in [-0.25, -0.2) is 4.79 Å². The van der Waals surface area contributed by atoms with Crippen LogP contribution in [0.25, 0.3) is 0 Å². The SMILES string of the molecule is CCC1CCN(C(=O)CC2CNCCO2)C(C(=O)O)C1. The molecule has 2 fully saturated rings. The molecule has 0 saturated carbocycles. The predicted molar refractivity (Wildman–Crippen MR) is 73.4 cm³/mol. The Kier molecular flexibility index (Phi) is 5.37. The van der Waals surface area contributed by atoms with E-state index in [1.807, 2.05) is 0 Å². The molecule has 0 aromatic rings. The zero-order chi connectivity index (χ0) is 14.5. The summed E-state index contributed by atoms with van der Waals surface area (Å²) in [4.78, 5) is 25.3. The van der Waals surface area contributed by atoms with E-state index in [0.29, 0.717) is 32.0 Å². The van der Waals surface area contributed by atoms with Crippen LogP contribution in [0, 0.1) is 5.92 Å². The molecule has 6 nitrogen and oxygen atoms in total. The number of piperidine rings is 1. The normalized spacial score (nSPS) is 31.1. The number of likely N-dealkylation sites (tertiary alicyclic amines) is 1. The number of carbonyl (C=O) groups excluding carboxylic acids is 1. The van der Waals surface area contributed by atoms with Crippen molar-refractivity contribution in [3.05, 3.63) is 0 Å². The molecule has 3 atom stereocenters. The Morgan fingerprint density at radius 3 is 2.85 bits per heavy atom. The Hall–Kier alpha value is -1.14. The maximum Gasteiger partial charge on any atom is 0.326 e. The third kappa shape index (κ3) is 3.70. The number of ether oxygens (including phenoxy) is 1. The van der Waals surface area contributed by atoms with Crippen LogP contribution in [0.2, 0.25) is 0 Å². The molecular weight excluding hydrogens is 260 g/mol. The summed E-state index contributed by atoms with van der Waals surface area (Å²) in [6.07, 6.45) is 2.58. The third-order valence-corrected chi connectivity index (χ3v) is 4.30. The first-order valence-corrected chi connectivity index (χ1v) is 7.46. The van der Waals surface area contributed by atoms with E-state index in [-0.39, 0.29) is 18.4 Å². The number of morpholine rings is 1. The summed E-state index contributed by atoms with van der Waals surface area (Å²) in [5.41, 5.74) is 0. The van der Waals surface area contributed by atoms with E-state index < -0.39 is 12.0 Å². The van der Waals surface area contributed by atoms with Gasteiger partial charge in [0.25, 0.3) is 0 Å². The number of amides is 1. The number of carbonyl (C=O) groups is 2. The first-order chi connectivity index (χ1) is 9.61. The van der Waals surface area contributed by atoms with Gasteiger partial charge in [0.1, 0.15) is 6.04 Å². The fourth-order valence-electron chi connectivity index (χ4n) is 3.00. The fraction of sp³-hybridized carbons (Fsp3) is 0.857. The number of rotatable bonds is 4. The molecule has 1 amide bonds. The number of carboxylic acids is 1. The topological polar surface area (TPSA) is 78.9 Å². The second-order valence-corrected chi connectivity index (χ2v) is 5.64. The summed E-state index contributed by atoms with van der Waals surface area (Å²) in [6, 6.07) is -0.669. The summed E-state index contributed by atoms with van der Waals surface area (Å²) in [6.45, 7) is 4.70. The van der Waals surface area contributed by atoms with Crippen LogP contribution in [-0.4, -0.2) is 60.3 Å². The van der Waals surface area contributed by atoms with Crippen LogP contribution >= 0.6 is 0 Å². The highest BCUT2D eigenvalue weighted by Crippen LogP contribution is 2.26. The van der Waals surface area contributed by atoms with Gasteiger partial charge in [-0.2, -0.15) is 0 Å². The van der Waals surface area contributed by atoms with E-state index in [2.05, 4.69) is 12.2 Å². The summed E-state index contributed by atoms with van der Waals surface area (Å²) >= 11 is 0. The Labute approximate surface area is 119 Å². The van der Waals surface area contributed by atoms with Crippen molar-refractivity contribution < 1.29 is 19.4 Å². The van der Waals surface area contributed by atoms with Crippen LogP contribution in [0.15, 0.2) is 0 Å². The van der Waals surface area contributed by atoms with Gasteiger partial charge in [0.05, 0.1) is 19.1 Å². The maximum absolute atomic E-state index is 12.3. The van der Waals surface area contributed by atoms with Crippen LogP contribution in [0.4, 0.5) is 0 Å². The number of aliphatic carboxylic acids is 1. The summed E-state index contributed by atoms with van der Waals surface area (Å²) in [5, 5.41) is 12.5. The average Bonchev–Trinajstić information content (AvgIpc) is 2.47. The number of carboxylic acid groups (broad SMARTS) is 1. The molecule has 2 rings (SSSR count). The van der Waals surface area contributed by atoms with Crippen molar-refractivity contribution in [2.45, 2.75) is 44.8 Å². The van der Waals surface area contributed by atoms with Gasteiger partial charge in [0.15, 0.2) is 0 Å². The highest BCUT2D eigenvalue weighted by atomic mass is 16.5. The van der Waals surface area contributed by atoms with Gasteiger partial charge in [0.2, 0.25) is 5.91 Å². The molecule has 2 heterocycles. The Balaban J connectivity index is 1.94. The predicted octanol–water partition coefficient (Wildman–Crippen LogP) is 0.467. The fourth-order valence-corrected chi connectivity index (χ4v) is 3.00. The highest BCUT2D eigenvalue weighted by molar-refractivity contribution is 5.84. The first-order valence-electron chi connectivity index (χ1n) is 7.46. The van der Waals surface area contributed by atoms with Crippen molar-refractivity contribution in [2.75, 3.05) is 26.2 Å². The maximum atomic E-state index is 12.3. The van der Waals surface area contributed by atoms with Crippen LogP contribution in [0.1, 0.15) is 32.6 Å². The number of nitrogens with one attached hydrogen (secondary N) is 1. The minimum Gasteiger partial charge on any atom is -0.480 e. The smallest absolute Gasteiger partial charge is 0.326 e. The Morgan fingerprint density at radius 1 is 1.45 bits per heavy atom.